The highest BCUT2D eigenvalue weighted by molar-refractivity contribution is 8.14. The van der Waals surface area contributed by atoms with Gasteiger partial charge >= 0.3 is 0 Å². The molecule has 0 saturated carbocycles. The Labute approximate surface area is 149 Å². The third-order valence-electron chi connectivity index (χ3n) is 2.79. The summed E-state index contributed by atoms with van der Waals surface area (Å²) in [5.41, 5.74) is 0.690. The van der Waals surface area contributed by atoms with Crippen LogP contribution in [0.15, 0.2) is 53.7 Å². The highest BCUT2D eigenvalue weighted by Crippen LogP contribution is 2.19. The van der Waals surface area contributed by atoms with Gasteiger partial charge in [-0.25, -0.2) is 9.98 Å². The molecule has 0 fully saturated rings. The van der Waals surface area contributed by atoms with E-state index in [-0.39, 0.29) is 5.91 Å². The fourth-order valence-corrected chi connectivity index (χ4v) is 2.53. The van der Waals surface area contributed by atoms with Gasteiger partial charge in [-0.15, -0.1) is 0 Å². The third kappa shape index (κ3) is 5.57. The molecule has 1 aromatic carbocycles. The summed E-state index contributed by atoms with van der Waals surface area (Å²) < 4.78 is 0. The molecule has 8 heteroatoms. The number of nitrogens with one attached hydrogen (secondary N) is 2. The fraction of sp³-hybridized carbons (Fsp3) is 0.125. The summed E-state index contributed by atoms with van der Waals surface area (Å²) in [6.45, 7) is 1.72. The molecule has 0 saturated heterocycles. The van der Waals surface area contributed by atoms with Crippen LogP contribution < -0.4 is 10.6 Å². The smallest absolute Gasteiger partial charge is 0.238 e. The highest BCUT2D eigenvalue weighted by Gasteiger charge is 2.17. The molecule has 24 heavy (non-hydrogen) atoms. The molecule has 1 heterocycles. The summed E-state index contributed by atoms with van der Waals surface area (Å²) in [5, 5.41) is 14.4. The van der Waals surface area contributed by atoms with Gasteiger partial charge in [0.1, 0.15) is 5.82 Å². The van der Waals surface area contributed by atoms with Crippen LogP contribution in [0.5, 0.6) is 0 Å². The van der Waals surface area contributed by atoms with E-state index in [1.165, 1.54) is 6.20 Å². The number of hydrogen-bond acceptors (Lipinski definition) is 5. The van der Waals surface area contributed by atoms with Gasteiger partial charge in [-0.1, -0.05) is 41.6 Å². The van der Waals surface area contributed by atoms with E-state index in [2.05, 4.69) is 20.6 Å². The van der Waals surface area contributed by atoms with Crippen molar-refractivity contribution in [2.45, 2.75) is 12.2 Å². The quantitative estimate of drug-likeness (QED) is 0.377. The maximum Gasteiger partial charge on any atom is 0.238 e. The van der Waals surface area contributed by atoms with E-state index in [0.29, 0.717) is 21.7 Å². The van der Waals surface area contributed by atoms with Crippen molar-refractivity contribution < 1.29 is 4.79 Å². The number of amides is 1. The van der Waals surface area contributed by atoms with Crippen LogP contribution in [0.3, 0.4) is 0 Å². The summed E-state index contributed by atoms with van der Waals surface area (Å²) in [4.78, 5) is 20.6. The number of aromatic nitrogens is 1. The summed E-state index contributed by atoms with van der Waals surface area (Å²) >= 11 is 6.90. The van der Waals surface area contributed by atoms with Crippen LogP contribution >= 0.6 is 23.4 Å². The molecule has 0 spiro atoms. The molecule has 122 valence electrons. The van der Waals surface area contributed by atoms with Gasteiger partial charge < -0.3 is 5.32 Å². The van der Waals surface area contributed by atoms with Crippen LogP contribution in [-0.4, -0.2) is 21.3 Å². The van der Waals surface area contributed by atoms with E-state index in [1.54, 1.807) is 19.1 Å². The molecule has 6 nitrogen and oxygen atoms in total. The maximum atomic E-state index is 12.2. The van der Waals surface area contributed by atoms with Gasteiger partial charge in [0.25, 0.3) is 0 Å². The molecule has 0 aliphatic carbocycles. The average molecular weight is 360 g/mol. The largest absolute Gasteiger partial charge is 0.310 e. The van der Waals surface area contributed by atoms with E-state index < -0.39 is 5.25 Å². The summed E-state index contributed by atoms with van der Waals surface area (Å²) in [6, 6.07) is 12.4. The van der Waals surface area contributed by atoms with E-state index in [9.17, 15) is 4.79 Å². The normalized spacial score (nSPS) is 12.1. The maximum absolute atomic E-state index is 12.2. The number of carbonyl (C=O) groups excluding carboxylic acids is 1. The standard InChI is InChI=1S/C16H14ClN5OS/c1-11(15(23)22-14-8-7-12(17)9-19-14)24-16(20-10-18)21-13-5-3-2-4-6-13/h2-9,11H,1H3,(H,20,21)(H,19,22,23)/t11-/m1/s1. The van der Waals surface area contributed by atoms with Crippen LogP contribution in [0.25, 0.3) is 0 Å². The molecule has 2 rings (SSSR count). The molecule has 2 aromatic rings. The van der Waals surface area contributed by atoms with Crippen LogP contribution in [0.4, 0.5) is 11.5 Å². The number of anilines is 1. The minimum atomic E-state index is -0.481. The van der Waals surface area contributed by atoms with Crippen molar-refractivity contribution in [2.75, 3.05) is 5.32 Å². The van der Waals surface area contributed by atoms with E-state index in [4.69, 9.17) is 16.9 Å². The lowest BCUT2D eigenvalue weighted by Gasteiger charge is -2.12. The summed E-state index contributed by atoms with van der Waals surface area (Å²) in [6.07, 6.45) is 3.28. The SMILES string of the molecule is C[C@@H](SC(=Nc1ccccc1)NC#N)C(=O)Nc1ccc(Cl)cn1. The molecule has 1 amide bonds. The highest BCUT2D eigenvalue weighted by atomic mass is 35.5. The van der Waals surface area contributed by atoms with Gasteiger partial charge in [-0.2, -0.15) is 5.26 Å². The lowest BCUT2D eigenvalue weighted by atomic mass is 10.3. The molecule has 0 aliphatic rings. The van der Waals surface area contributed by atoms with Crippen molar-refractivity contribution in [3.05, 3.63) is 53.7 Å². The zero-order valence-corrected chi connectivity index (χ0v) is 14.3. The van der Waals surface area contributed by atoms with Crippen molar-refractivity contribution in [1.82, 2.24) is 10.3 Å². The Morgan fingerprint density at radius 1 is 1.33 bits per heavy atom. The lowest BCUT2D eigenvalue weighted by Crippen LogP contribution is -2.27. The van der Waals surface area contributed by atoms with Gasteiger partial charge in [-0.05, 0) is 31.2 Å². The Bertz CT molecular complexity index is 758. The van der Waals surface area contributed by atoms with Gasteiger partial charge in [0.2, 0.25) is 5.91 Å². The Morgan fingerprint density at radius 2 is 2.08 bits per heavy atom. The van der Waals surface area contributed by atoms with Crippen LogP contribution in [0.1, 0.15) is 6.92 Å². The molecule has 1 atom stereocenters. The number of rotatable bonds is 4. The molecular formula is C16H14ClN5OS. The Hall–Kier alpha value is -2.56. The Morgan fingerprint density at radius 3 is 2.71 bits per heavy atom. The number of carbonyl (C=O) groups is 1. The van der Waals surface area contributed by atoms with Gasteiger partial charge in [0, 0.05) is 6.20 Å². The number of pyridine rings is 1. The monoisotopic (exact) mass is 359 g/mol. The first-order valence-corrected chi connectivity index (χ1v) is 8.22. The minimum absolute atomic E-state index is 0.254. The second kappa shape index (κ2) is 8.91. The van der Waals surface area contributed by atoms with E-state index >= 15 is 0 Å². The minimum Gasteiger partial charge on any atom is -0.310 e. The van der Waals surface area contributed by atoms with Crippen LogP contribution in [0, 0.1) is 11.5 Å². The predicted molar refractivity (Wildman–Crippen MR) is 97.2 cm³/mol. The molecule has 2 N–H and O–H groups in total. The number of aliphatic imine (C=N–C) groups is 1. The van der Waals surface area contributed by atoms with Crippen molar-refractivity contribution in [2.24, 2.45) is 4.99 Å². The molecule has 0 unspecified atom stereocenters. The number of nitrogens with zero attached hydrogens (tertiary/aromatic N) is 3. The van der Waals surface area contributed by atoms with Crippen molar-refractivity contribution in [3.8, 4) is 6.19 Å². The zero-order valence-electron chi connectivity index (χ0n) is 12.7. The van der Waals surface area contributed by atoms with E-state index in [0.717, 1.165) is 11.8 Å². The first kappa shape index (κ1) is 17.8. The van der Waals surface area contributed by atoms with Gasteiger partial charge in [-0.3, -0.25) is 10.1 Å². The molecule has 1 aromatic heterocycles. The Kier molecular flexibility index (Phi) is 6.61. The third-order valence-corrected chi connectivity index (χ3v) is 3.99. The molecule has 0 radical (unpaired) electrons. The Balaban J connectivity index is 2.03. The van der Waals surface area contributed by atoms with Crippen LogP contribution in [0.2, 0.25) is 5.02 Å². The summed E-state index contributed by atoms with van der Waals surface area (Å²) in [7, 11) is 0. The number of benzene rings is 1. The van der Waals surface area contributed by atoms with Gasteiger partial charge in [0.05, 0.1) is 16.0 Å². The zero-order chi connectivity index (χ0) is 17.4. The average Bonchev–Trinajstić information content (AvgIpc) is 2.58. The lowest BCUT2D eigenvalue weighted by molar-refractivity contribution is -0.115. The topological polar surface area (TPSA) is 90.2 Å². The van der Waals surface area contributed by atoms with Crippen molar-refractivity contribution >= 4 is 45.9 Å². The van der Waals surface area contributed by atoms with Crippen molar-refractivity contribution in [3.63, 3.8) is 0 Å². The first-order valence-electron chi connectivity index (χ1n) is 6.96. The predicted octanol–water partition coefficient (Wildman–Crippen LogP) is 3.55. The molecule has 0 aliphatic heterocycles. The fourth-order valence-electron chi connectivity index (χ4n) is 1.65. The number of nitriles is 1. The number of hydrogen-bond donors (Lipinski definition) is 2. The number of para-hydroxylation sites is 1. The van der Waals surface area contributed by atoms with Crippen molar-refractivity contribution in [1.29, 1.82) is 5.26 Å². The van der Waals surface area contributed by atoms with Gasteiger partial charge in [0.15, 0.2) is 11.4 Å². The second-order valence-corrected chi connectivity index (χ2v) is 6.37. The summed E-state index contributed by atoms with van der Waals surface area (Å²) in [5.74, 6) is 0.155. The number of amidine groups is 1. The second-order valence-electron chi connectivity index (χ2n) is 4.60. The van der Waals surface area contributed by atoms with Crippen LogP contribution in [-0.2, 0) is 4.79 Å². The number of thioether (sulfide) groups is 1. The number of halogens is 1. The van der Waals surface area contributed by atoms with E-state index in [1.807, 2.05) is 36.5 Å². The molecular weight excluding hydrogens is 346 g/mol. The first-order chi connectivity index (χ1) is 11.6. The molecule has 0 bridgehead atoms.